The summed E-state index contributed by atoms with van der Waals surface area (Å²) in [7, 11) is 4.14. The smallest absolute Gasteiger partial charge is 0.119 e. The number of nitrogens with zero attached hydrogens (tertiary/aromatic N) is 1. The van der Waals surface area contributed by atoms with Gasteiger partial charge in [-0.05, 0) is 77.8 Å². The Morgan fingerprint density at radius 2 is 1.14 bits per heavy atom. The van der Waals surface area contributed by atoms with Crippen LogP contribution in [0.15, 0.2) is 84.9 Å². The SMILES string of the molecule is CN(C)CCOc1ccc(/C(=C(/CCCCCCCCCCI)c2ccccc2)c2ccccc2)cc1. The Morgan fingerprint density at radius 1 is 0.622 bits per heavy atom. The predicted molar refractivity (Wildman–Crippen MR) is 170 cm³/mol. The maximum atomic E-state index is 5.98. The summed E-state index contributed by atoms with van der Waals surface area (Å²) < 4.78 is 7.27. The monoisotopic (exact) mass is 609 g/mol. The van der Waals surface area contributed by atoms with Gasteiger partial charge in [0.05, 0.1) is 0 Å². The molecule has 3 aromatic carbocycles. The molecule has 37 heavy (non-hydrogen) atoms. The molecule has 0 aliphatic rings. The third kappa shape index (κ3) is 10.6. The lowest BCUT2D eigenvalue weighted by Crippen LogP contribution is -2.19. The lowest BCUT2D eigenvalue weighted by atomic mass is 9.86. The minimum atomic E-state index is 0.696. The second-order valence-corrected chi connectivity index (χ2v) is 11.1. The molecular weight excluding hydrogens is 565 g/mol. The molecule has 0 bridgehead atoms. The van der Waals surface area contributed by atoms with E-state index in [0.29, 0.717) is 6.61 Å². The Balaban J connectivity index is 1.80. The van der Waals surface area contributed by atoms with E-state index in [0.717, 1.165) is 18.7 Å². The first-order valence-corrected chi connectivity index (χ1v) is 15.5. The van der Waals surface area contributed by atoms with E-state index in [1.165, 1.54) is 83.6 Å². The van der Waals surface area contributed by atoms with Gasteiger partial charge < -0.3 is 9.64 Å². The molecule has 0 aliphatic heterocycles. The molecule has 0 saturated heterocycles. The second kappa shape index (κ2) is 17.4. The van der Waals surface area contributed by atoms with Gasteiger partial charge in [0.1, 0.15) is 12.4 Å². The number of alkyl halides is 1. The Kier molecular flexibility index (Phi) is 13.9. The van der Waals surface area contributed by atoms with Crippen molar-refractivity contribution < 1.29 is 4.74 Å². The number of unbranched alkanes of at least 4 members (excludes halogenated alkanes) is 7. The van der Waals surface area contributed by atoms with Crippen molar-refractivity contribution in [1.82, 2.24) is 4.90 Å². The second-order valence-electron chi connectivity index (χ2n) is 10.0. The van der Waals surface area contributed by atoms with Gasteiger partial charge in [-0.3, -0.25) is 0 Å². The Hall–Kier alpha value is -2.11. The van der Waals surface area contributed by atoms with Crippen molar-refractivity contribution in [1.29, 1.82) is 0 Å². The number of ether oxygens (including phenoxy) is 1. The van der Waals surface area contributed by atoms with E-state index in [2.05, 4.69) is 127 Å². The van der Waals surface area contributed by atoms with Crippen LogP contribution in [-0.4, -0.2) is 36.6 Å². The molecule has 0 fully saturated rings. The molecule has 198 valence electrons. The molecule has 0 heterocycles. The average Bonchev–Trinajstić information content (AvgIpc) is 2.93. The summed E-state index contributed by atoms with van der Waals surface area (Å²) in [4.78, 5) is 2.14. The summed E-state index contributed by atoms with van der Waals surface area (Å²) >= 11 is 2.49. The van der Waals surface area contributed by atoms with Gasteiger partial charge in [-0.2, -0.15) is 0 Å². The first kappa shape index (κ1) is 29.4. The van der Waals surface area contributed by atoms with Gasteiger partial charge >= 0.3 is 0 Å². The van der Waals surface area contributed by atoms with Gasteiger partial charge in [-0.1, -0.05) is 134 Å². The van der Waals surface area contributed by atoms with Crippen LogP contribution in [0.2, 0.25) is 0 Å². The Bertz CT molecular complexity index is 1030. The Labute approximate surface area is 239 Å². The zero-order valence-electron chi connectivity index (χ0n) is 22.8. The molecule has 3 rings (SSSR count). The van der Waals surface area contributed by atoms with E-state index >= 15 is 0 Å². The average molecular weight is 610 g/mol. The number of allylic oxidation sites excluding steroid dienone is 1. The van der Waals surface area contributed by atoms with Crippen LogP contribution in [0, 0.1) is 0 Å². The van der Waals surface area contributed by atoms with Gasteiger partial charge in [-0.15, -0.1) is 0 Å². The molecule has 0 atom stereocenters. The fourth-order valence-corrected chi connectivity index (χ4v) is 5.23. The number of benzene rings is 3. The quantitative estimate of drug-likeness (QED) is 0.0654. The van der Waals surface area contributed by atoms with Gasteiger partial charge in [-0.25, -0.2) is 0 Å². The molecule has 0 radical (unpaired) electrons. The maximum Gasteiger partial charge on any atom is 0.119 e. The van der Waals surface area contributed by atoms with Crippen LogP contribution < -0.4 is 4.74 Å². The minimum absolute atomic E-state index is 0.696. The lowest BCUT2D eigenvalue weighted by Gasteiger charge is -2.18. The lowest BCUT2D eigenvalue weighted by molar-refractivity contribution is 0.261. The van der Waals surface area contributed by atoms with Crippen molar-refractivity contribution in [3.05, 3.63) is 102 Å². The van der Waals surface area contributed by atoms with Crippen molar-refractivity contribution >= 4 is 33.7 Å². The standard InChI is InChI=1S/C34H44INO/c1-36(2)27-28-37-32-24-22-31(23-25-32)34(30-19-13-10-14-20-30)33(29-17-11-9-12-18-29)21-15-7-5-3-4-6-8-16-26-35/h9-14,17-20,22-25H,3-8,15-16,21,26-28H2,1-2H3/b34-33-. The highest BCUT2D eigenvalue weighted by Gasteiger charge is 2.14. The third-order valence-corrected chi connectivity index (χ3v) is 7.51. The first-order valence-electron chi connectivity index (χ1n) is 14.0. The number of rotatable bonds is 17. The summed E-state index contributed by atoms with van der Waals surface area (Å²) in [6.45, 7) is 1.61. The zero-order chi connectivity index (χ0) is 26.1. The van der Waals surface area contributed by atoms with Gasteiger partial charge in [0.15, 0.2) is 0 Å². The van der Waals surface area contributed by atoms with Gasteiger partial charge in [0.25, 0.3) is 0 Å². The number of hydrogen-bond acceptors (Lipinski definition) is 2. The van der Waals surface area contributed by atoms with Crippen LogP contribution in [0.5, 0.6) is 5.75 Å². The molecule has 0 aliphatic carbocycles. The molecule has 0 spiro atoms. The molecular formula is C34H44INO. The fourth-order valence-electron chi connectivity index (χ4n) is 4.69. The number of hydrogen-bond donors (Lipinski definition) is 0. The molecule has 3 aromatic rings. The van der Waals surface area contributed by atoms with Crippen LogP contribution in [0.4, 0.5) is 0 Å². The minimum Gasteiger partial charge on any atom is -0.492 e. The van der Waals surface area contributed by atoms with Crippen molar-refractivity contribution in [2.24, 2.45) is 0 Å². The fraction of sp³-hybridized carbons (Fsp3) is 0.412. The summed E-state index contributed by atoms with van der Waals surface area (Å²) in [6, 6.07) is 30.6. The highest BCUT2D eigenvalue weighted by Crippen LogP contribution is 2.36. The third-order valence-electron chi connectivity index (χ3n) is 6.75. The number of likely N-dealkylation sites (N-methyl/N-ethyl adjacent to an activating group) is 1. The van der Waals surface area contributed by atoms with E-state index in [4.69, 9.17) is 4.74 Å². The largest absolute Gasteiger partial charge is 0.492 e. The summed E-state index contributed by atoms with van der Waals surface area (Å²) in [5.41, 5.74) is 6.63. The molecule has 0 aromatic heterocycles. The van der Waals surface area contributed by atoms with E-state index < -0.39 is 0 Å². The van der Waals surface area contributed by atoms with E-state index in [-0.39, 0.29) is 0 Å². The zero-order valence-corrected chi connectivity index (χ0v) is 25.0. The van der Waals surface area contributed by atoms with Crippen molar-refractivity contribution in [2.45, 2.75) is 57.8 Å². The highest BCUT2D eigenvalue weighted by molar-refractivity contribution is 14.1. The first-order chi connectivity index (χ1) is 18.2. The summed E-state index contributed by atoms with van der Waals surface area (Å²) in [5, 5.41) is 0. The van der Waals surface area contributed by atoms with Crippen LogP contribution in [0.3, 0.4) is 0 Å². The predicted octanol–water partition coefficient (Wildman–Crippen LogP) is 9.53. The normalized spacial score (nSPS) is 12.0. The van der Waals surface area contributed by atoms with Crippen LogP contribution in [-0.2, 0) is 0 Å². The highest BCUT2D eigenvalue weighted by atomic mass is 127. The molecule has 0 saturated carbocycles. The Morgan fingerprint density at radius 3 is 1.70 bits per heavy atom. The van der Waals surface area contributed by atoms with Crippen LogP contribution in [0.25, 0.3) is 11.1 Å². The van der Waals surface area contributed by atoms with E-state index in [9.17, 15) is 0 Å². The molecule has 0 N–H and O–H groups in total. The summed E-state index contributed by atoms with van der Waals surface area (Å²) in [6.07, 6.45) is 11.9. The number of halogens is 1. The van der Waals surface area contributed by atoms with Crippen molar-refractivity contribution in [3.63, 3.8) is 0 Å². The maximum absolute atomic E-state index is 5.98. The van der Waals surface area contributed by atoms with Gasteiger partial charge in [0, 0.05) is 6.54 Å². The topological polar surface area (TPSA) is 12.5 Å². The van der Waals surface area contributed by atoms with Gasteiger partial charge in [0.2, 0.25) is 0 Å². The molecule has 0 amide bonds. The van der Waals surface area contributed by atoms with Crippen LogP contribution >= 0.6 is 22.6 Å². The van der Waals surface area contributed by atoms with Crippen molar-refractivity contribution in [2.75, 3.05) is 31.7 Å². The summed E-state index contributed by atoms with van der Waals surface area (Å²) in [5.74, 6) is 0.928. The molecule has 2 nitrogen and oxygen atoms in total. The molecule has 3 heteroatoms. The van der Waals surface area contributed by atoms with Crippen LogP contribution in [0.1, 0.15) is 74.5 Å². The van der Waals surface area contributed by atoms with E-state index in [1.807, 2.05) is 0 Å². The molecule has 0 unspecified atom stereocenters. The van der Waals surface area contributed by atoms with E-state index in [1.54, 1.807) is 0 Å². The van der Waals surface area contributed by atoms with Crippen molar-refractivity contribution in [3.8, 4) is 5.75 Å².